The number of carbonyl (C=O) groups excluding carboxylic acids is 2. The highest BCUT2D eigenvalue weighted by Crippen LogP contribution is 2.37. The molecule has 0 bridgehead atoms. The number of halogens is 1. The minimum Gasteiger partial charge on any atom is -0.495 e. The maximum atomic E-state index is 13.9. The number of para-hydroxylation sites is 1. The van der Waals surface area contributed by atoms with Crippen molar-refractivity contribution in [1.82, 2.24) is 4.90 Å². The SMILES string of the molecule is COc1cc(CC(=O)N2[C@H](COc3ccc(C(=O)O)cc3)CC[C@@H]2c2ccccc2)ccc1NC(=O)Nc1ccccc1Br. The van der Waals surface area contributed by atoms with Gasteiger partial charge in [-0.15, -0.1) is 0 Å². The van der Waals surface area contributed by atoms with Crippen molar-refractivity contribution in [3.8, 4) is 11.5 Å². The number of urea groups is 1. The highest BCUT2D eigenvalue weighted by atomic mass is 79.9. The number of nitrogens with one attached hydrogen (secondary N) is 2. The summed E-state index contributed by atoms with van der Waals surface area (Å²) in [6.07, 6.45) is 1.69. The van der Waals surface area contributed by atoms with E-state index < -0.39 is 12.0 Å². The molecular weight excluding hydrogens is 626 g/mol. The Morgan fingerprint density at radius 3 is 2.30 bits per heavy atom. The lowest BCUT2D eigenvalue weighted by atomic mass is 10.0. The van der Waals surface area contributed by atoms with E-state index in [0.29, 0.717) is 22.9 Å². The third kappa shape index (κ3) is 7.38. The Morgan fingerprint density at radius 1 is 0.886 bits per heavy atom. The van der Waals surface area contributed by atoms with Crippen LogP contribution in [-0.2, 0) is 11.2 Å². The Morgan fingerprint density at radius 2 is 1.59 bits per heavy atom. The second-order valence-electron chi connectivity index (χ2n) is 10.4. The van der Waals surface area contributed by atoms with E-state index in [4.69, 9.17) is 14.6 Å². The third-order valence-electron chi connectivity index (χ3n) is 7.51. The van der Waals surface area contributed by atoms with Crippen LogP contribution in [0.25, 0.3) is 0 Å². The number of carboxylic acid groups (broad SMARTS) is 1. The fourth-order valence-corrected chi connectivity index (χ4v) is 5.75. The zero-order valence-electron chi connectivity index (χ0n) is 24.0. The van der Waals surface area contributed by atoms with Crippen LogP contribution >= 0.6 is 15.9 Å². The molecule has 4 aromatic carbocycles. The summed E-state index contributed by atoms with van der Waals surface area (Å²) in [6.45, 7) is 0.278. The molecule has 1 aliphatic rings. The first-order chi connectivity index (χ1) is 21.3. The second-order valence-corrected chi connectivity index (χ2v) is 11.2. The van der Waals surface area contributed by atoms with Crippen molar-refractivity contribution in [3.63, 3.8) is 0 Å². The molecule has 0 aromatic heterocycles. The van der Waals surface area contributed by atoms with Crippen LogP contribution in [0.3, 0.4) is 0 Å². The Labute approximate surface area is 263 Å². The van der Waals surface area contributed by atoms with Gasteiger partial charge in [-0.25, -0.2) is 9.59 Å². The summed E-state index contributed by atoms with van der Waals surface area (Å²) >= 11 is 3.42. The normalized spacial score (nSPS) is 15.8. The number of carboxylic acids is 1. The third-order valence-corrected chi connectivity index (χ3v) is 8.20. The molecule has 1 saturated heterocycles. The predicted molar refractivity (Wildman–Crippen MR) is 171 cm³/mol. The number of carbonyl (C=O) groups is 3. The molecule has 226 valence electrons. The summed E-state index contributed by atoms with van der Waals surface area (Å²) in [4.78, 5) is 39.7. The Balaban J connectivity index is 1.30. The molecule has 1 aliphatic heterocycles. The van der Waals surface area contributed by atoms with E-state index in [1.54, 1.807) is 36.4 Å². The van der Waals surface area contributed by atoms with E-state index in [1.165, 1.54) is 19.2 Å². The van der Waals surface area contributed by atoms with Gasteiger partial charge in [-0.2, -0.15) is 0 Å². The summed E-state index contributed by atoms with van der Waals surface area (Å²) in [5.74, 6) is -0.0788. The zero-order valence-corrected chi connectivity index (χ0v) is 25.6. The number of hydrogen-bond acceptors (Lipinski definition) is 5. The van der Waals surface area contributed by atoms with Gasteiger partial charge in [-0.3, -0.25) is 4.79 Å². The molecule has 0 aliphatic carbocycles. The van der Waals surface area contributed by atoms with Crippen LogP contribution in [-0.4, -0.2) is 47.7 Å². The number of rotatable bonds is 10. The summed E-state index contributed by atoms with van der Waals surface area (Å²) in [7, 11) is 1.51. The second kappa shape index (κ2) is 14.1. The number of amides is 3. The average Bonchev–Trinajstić information content (AvgIpc) is 3.46. The van der Waals surface area contributed by atoms with E-state index >= 15 is 0 Å². The quantitative estimate of drug-likeness (QED) is 0.167. The number of aromatic carboxylic acids is 1. The van der Waals surface area contributed by atoms with Crippen molar-refractivity contribution in [2.75, 3.05) is 24.4 Å². The molecule has 9 nitrogen and oxygen atoms in total. The van der Waals surface area contributed by atoms with E-state index in [9.17, 15) is 14.4 Å². The lowest BCUT2D eigenvalue weighted by Gasteiger charge is -2.31. The van der Waals surface area contributed by atoms with Gasteiger partial charge in [0, 0.05) is 4.47 Å². The number of ether oxygens (including phenoxy) is 2. The largest absolute Gasteiger partial charge is 0.495 e. The summed E-state index contributed by atoms with van der Waals surface area (Å²) in [6, 6.07) is 28.1. The molecule has 1 fully saturated rings. The fraction of sp³-hybridized carbons (Fsp3) is 0.206. The molecule has 3 N–H and O–H groups in total. The van der Waals surface area contributed by atoms with Crippen LogP contribution in [0.15, 0.2) is 102 Å². The average molecular weight is 659 g/mol. The molecule has 0 radical (unpaired) electrons. The van der Waals surface area contributed by atoms with E-state index in [2.05, 4.69) is 26.6 Å². The number of methoxy groups -OCH3 is 1. The predicted octanol–water partition coefficient (Wildman–Crippen LogP) is 7.15. The standard InChI is InChI=1S/C34H32BrN3O6/c1-43-31-19-22(11-17-29(31)37-34(42)36-28-10-6-5-9-27(28)35)20-32(39)38-25(14-18-30(38)23-7-3-2-4-8-23)21-44-26-15-12-24(13-16-26)33(40)41/h2-13,15-17,19,25,30H,14,18,20-21H2,1H3,(H,40,41)(H2,36,37,42)/t25-,30+/m0/s1. The molecule has 0 spiro atoms. The Bertz CT molecular complexity index is 1630. The topological polar surface area (TPSA) is 117 Å². The van der Waals surface area contributed by atoms with Crippen LogP contribution in [0.5, 0.6) is 11.5 Å². The van der Waals surface area contributed by atoms with Gasteiger partial charge in [-0.1, -0.05) is 48.5 Å². The van der Waals surface area contributed by atoms with Gasteiger partial charge in [0.25, 0.3) is 0 Å². The lowest BCUT2D eigenvalue weighted by molar-refractivity contribution is -0.134. The van der Waals surface area contributed by atoms with Crippen LogP contribution in [0, 0.1) is 0 Å². The maximum absolute atomic E-state index is 13.9. The van der Waals surface area contributed by atoms with Crippen molar-refractivity contribution in [3.05, 3.63) is 118 Å². The molecule has 5 rings (SSSR count). The molecule has 10 heteroatoms. The minimum absolute atomic E-state index is 0.0550. The van der Waals surface area contributed by atoms with Crippen LogP contribution in [0.2, 0.25) is 0 Å². The first-order valence-electron chi connectivity index (χ1n) is 14.1. The monoisotopic (exact) mass is 657 g/mol. The lowest BCUT2D eigenvalue weighted by Crippen LogP contribution is -2.41. The number of nitrogens with zero attached hydrogens (tertiary/aromatic N) is 1. The molecule has 0 saturated carbocycles. The van der Waals surface area contributed by atoms with Crippen molar-refractivity contribution in [2.24, 2.45) is 0 Å². The number of benzene rings is 4. The van der Waals surface area contributed by atoms with Gasteiger partial charge in [0.1, 0.15) is 18.1 Å². The van der Waals surface area contributed by atoms with Gasteiger partial charge < -0.3 is 30.1 Å². The van der Waals surface area contributed by atoms with Crippen molar-refractivity contribution < 1.29 is 29.0 Å². The fourth-order valence-electron chi connectivity index (χ4n) is 5.37. The molecule has 1 heterocycles. The minimum atomic E-state index is -1.00. The number of likely N-dealkylation sites (tertiary alicyclic amines) is 1. The van der Waals surface area contributed by atoms with Crippen molar-refractivity contribution in [2.45, 2.75) is 31.3 Å². The Kier molecular flexibility index (Phi) is 9.81. The zero-order chi connectivity index (χ0) is 31.1. The van der Waals surface area contributed by atoms with Crippen LogP contribution in [0.4, 0.5) is 16.2 Å². The van der Waals surface area contributed by atoms with Gasteiger partial charge in [0.15, 0.2) is 0 Å². The molecule has 0 unspecified atom stereocenters. The molecular formula is C34H32BrN3O6. The number of anilines is 2. The highest BCUT2D eigenvalue weighted by molar-refractivity contribution is 9.10. The van der Waals surface area contributed by atoms with Gasteiger partial charge in [-0.05, 0) is 88.4 Å². The van der Waals surface area contributed by atoms with Crippen molar-refractivity contribution in [1.29, 1.82) is 0 Å². The molecule has 44 heavy (non-hydrogen) atoms. The highest BCUT2D eigenvalue weighted by Gasteiger charge is 2.38. The first kappa shape index (κ1) is 30.6. The van der Waals surface area contributed by atoms with E-state index in [-0.39, 0.29) is 36.6 Å². The molecule has 3 amide bonds. The van der Waals surface area contributed by atoms with Gasteiger partial charge in [0.2, 0.25) is 5.91 Å². The first-order valence-corrected chi connectivity index (χ1v) is 14.9. The van der Waals surface area contributed by atoms with Crippen LogP contribution < -0.4 is 20.1 Å². The summed E-state index contributed by atoms with van der Waals surface area (Å²) in [5.41, 5.74) is 3.08. The molecule has 4 aromatic rings. The smallest absolute Gasteiger partial charge is 0.335 e. The maximum Gasteiger partial charge on any atom is 0.335 e. The van der Waals surface area contributed by atoms with E-state index in [1.807, 2.05) is 53.4 Å². The van der Waals surface area contributed by atoms with E-state index in [0.717, 1.165) is 28.4 Å². The van der Waals surface area contributed by atoms with Crippen LogP contribution in [0.1, 0.15) is 40.4 Å². The summed E-state index contributed by atoms with van der Waals surface area (Å²) in [5, 5.41) is 14.8. The molecule has 2 atom stereocenters. The van der Waals surface area contributed by atoms with Crippen molar-refractivity contribution >= 4 is 45.2 Å². The Hall–Kier alpha value is -4.83. The summed E-state index contributed by atoms with van der Waals surface area (Å²) < 4.78 is 12.3. The van der Waals surface area contributed by atoms with Gasteiger partial charge >= 0.3 is 12.0 Å². The van der Waals surface area contributed by atoms with Gasteiger partial charge in [0.05, 0.1) is 42.6 Å². The number of hydrogen-bond donors (Lipinski definition) is 3.